The summed E-state index contributed by atoms with van der Waals surface area (Å²) < 4.78 is 10.5. The van der Waals surface area contributed by atoms with Crippen LogP contribution in [0.25, 0.3) is 22.2 Å². The molecule has 128 valence electrons. The number of carbonyl (C=O) groups is 1. The molecule has 1 aromatic heterocycles. The lowest BCUT2D eigenvalue weighted by Crippen LogP contribution is -2.20. The molecule has 0 spiro atoms. The Morgan fingerprint density at radius 3 is 2.60 bits per heavy atom. The van der Waals surface area contributed by atoms with Crippen molar-refractivity contribution < 1.29 is 14.3 Å². The summed E-state index contributed by atoms with van der Waals surface area (Å²) in [7, 11) is 1.55. The minimum Gasteiger partial charge on any atom is -0.495 e. The van der Waals surface area contributed by atoms with Crippen molar-refractivity contribution in [1.29, 1.82) is 0 Å². The average Bonchev–Trinajstić information content (AvgIpc) is 2.59. The number of anilines is 2. The lowest BCUT2D eigenvalue weighted by atomic mass is 10.1. The molecule has 8 heteroatoms. The van der Waals surface area contributed by atoms with Crippen LogP contribution in [0.15, 0.2) is 36.4 Å². The second-order valence-electron chi connectivity index (χ2n) is 5.32. The molecular formula is C17H17N5O3. The molecule has 8 nitrogen and oxygen atoms in total. The standard InChI is InChI=1S/C17H17N5O3/c1-24-14-5-2-9(6-12(14)18)16-11-7-10(25-8-15(19)23)3-4-13(11)21-17(20)22-16/h2-7H,8,18H2,1H3,(H2,19,23)(H2,20,21,22). The SMILES string of the molecule is COc1ccc(-c2nc(N)nc3ccc(OCC(N)=O)cc23)cc1N. The van der Waals surface area contributed by atoms with Gasteiger partial charge in [-0.2, -0.15) is 0 Å². The van der Waals surface area contributed by atoms with Gasteiger partial charge in [0.2, 0.25) is 5.95 Å². The second-order valence-corrected chi connectivity index (χ2v) is 5.32. The lowest BCUT2D eigenvalue weighted by Gasteiger charge is -2.11. The number of hydrogen-bond acceptors (Lipinski definition) is 7. The molecule has 3 aromatic rings. The molecule has 0 aliphatic rings. The van der Waals surface area contributed by atoms with Gasteiger partial charge in [-0.25, -0.2) is 9.97 Å². The number of nitrogens with zero attached hydrogens (tertiary/aromatic N) is 2. The number of nitrogen functional groups attached to an aromatic ring is 2. The topological polar surface area (TPSA) is 139 Å². The highest BCUT2D eigenvalue weighted by Gasteiger charge is 2.12. The van der Waals surface area contributed by atoms with Gasteiger partial charge in [0.25, 0.3) is 5.91 Å². The number of nitrogens with two attached hydrogens (primary N) is 3. The maximum Gasteiger partial charge on any atom is 0.255 e. The molecule has 0 unspecified atom stereocenters. The van der Waals surface area contributed by atoms with Crippen molar-refractivity contribution in [3.8, 4) is 22.8 Å². The number of fused-ring (bicyclic) bond motifs is 1. The van der Waals surface area contributed by atoms with E-state index in [4.69, 9.17) is 26.7 Å². The number of primary amides is 1. The average molecular weight is 339 g/mol. The molecule has 3 rings (SSSR count). The van der Waals surface area contributed by atoms with Crippen molar-refractivity contribution in [2.45, 2.75) is 0 Å². The van der Waals surface area contributed by atoms with Crippen LogP contribution in [0, 0.1) is 0 Å². The Kier molecular flexibility index (Phi) is 4.25. The van der Waals surface area contributed by atoms with E-state index in [1.807, 2.05) is 6.07 Å². The predicted molar refractivity (Wildman–Crippen MR) is 95.0 cm³/mol. The van der Waals surface area contributed by atoms with Crippen LogP contribution in [-0.4, -0.2) is 29.6 Å². The van der Waals surface area contributed by atoms with E-state index in [-0.39, 0.29) is 12.6 Å². The van der Waals surface area contributed by atoms with Gasteiger partial charge in [0.1, 0.15) is 11.5 Å². The fraction of sp³-hybridized carbons (Fsp3) is 0.118. The summed E-state index contributed by atoms with van der Waals surface area (Å²) in [6, 6.07) is 10.5. The first kappa shape index (κ1) is 16.3. The van der Waals surface area contributed by atoms with Crippen LogP contribution in [-0.2, 0) is 4.79 Å². The van der Waals surface area contributed by atoms with Crippen molar-refractivity contribution >= 4 is 28.4 Å². The summed E-state index contributed by atoms with van der Waals surface area (Å²) in [6.07, 6.45) is 0. The molecule has 0 aliphatic carbocycles. The van der Waals surface area contributed by atoms with E-state index in [0.717, 1.165) is 5.56 Å². The zero-order valence-corrected chi connectivity index (χ0v) is 13.5. The van der Waals surface area contributed by atoms with Gasteiger partial charge in [-0.15, -0.1) is 0 Å². The molecule has 1 amide bonds. The van der Waals surface area contributed by atoms with Crippen LogP contribution in [0.3, 0.4) is 0 Å². The molecule has 1 heterocycles. The fourth-order valence-electron chi connectivity index (χ4n) is 2.47. The highest BCUT2D eigenvalue weighted by atomic mass is 16.5. The molecular weight excluding hydrogens is 322 g/mol. The number of amides is 1. The third kappa shape index (κ3) is 3.37. The largest absolute Gasteiger partial charge is 0.495 e. The molecule has 6 N–H and O–H groups in total. The van der Waals surface area contributed by atoms with E-state index in [0.29, 0.717) is 33.8 Å². The van der Waals surface area contributed by atoms with Gasteiger partial charge in [0.05, 0.1) is 24.0 Å². The summed E-state index contributed by atoms with van der Waals surface area (Å²) in [4.78, 5) is 19.4. The number of ether oxygens (including phenoxy) is 2. The molecule has 0 fully saturated rings. The van der Waals surface area contributed by atoms with Gasteiger partial charge in [0.15, 0.2) is 6.61 Å². The van der Waals surface area contributed by atoms with Gasteiger partial charge in [-0.3, -0.25) is 4.79 Å². The van der Waals surface area contributed by atoms with E-state index < -0.39 is 5.91 Å². The van der Waals surface area contributed by atoms with Crippen LogP contribution in [0.4, 0.5) is 11.6 Å². The Hall–Kier alpha value is -3.55. The van der Waals surface area contributed by atoms with Crippen molar-refractivity contribution in [1.82, 2.24) is 9.97 Å². The Bertz CT molecular complexity index is 958. The van der Waals surface area contributed by atoms with Crippen molar-refractivity contribution in [3.63, 3.8) is 0 Å². The number of aromatic nitrogens is 2. The lowest BCUT2D eigenvalue weighted by molar-refractivity contribution is -0.119. The van der Waals surface area contributed by atoms with Crippen LogP contribution >= 0.6 is 0 Å². The fourth-order valence-corrected chi connectivity index (χ4v) is 2.47. The molecule has 25 heavy (non-hydrogen) atoms. The summed E-state index contributed by atoms with van der Waals surface area (Å²) in [5.41, 5.74) is 19.4. The molecule has 2 aromatic carbocycles. The minimum atomic E-state index is -0.559. The van der Waals surface area contributed by atoms with E-state index in [2.05, 4.69) is 9.97 Å². The molecule has 0 aliphatic heterocycles. The van der Waals surface area contributed by atoms with Crippen LogP contribution in [0.5, 0.6) is 11.5 Å². The van der Waals surface area contributed by atoms with E-state index in [9.17, 15) is 4.79 Å². The maximum absolute atomic E-state index is 10.9. The van der Waals surface area contributed by atoms with Gasteiger partial charge >= 0.3 is 0 Å². The van der Waals surface area contributed by atoms with Gasteiger partial charge in [-0.1, -0.05) is 0 Å². The van der Waals surface area contributed by atoms with Crippen molar-refractivity contribution in [3.05, 3.63) is 36.4 Å². The van der Waals surface area contributed by atoms with Gasteiger partial charge in [0, 0.05) is 10.9 Å². The third-order valence-electron chi connectivity index (χ3n) is 3.57. The summed E-state index contributed by atoms with van der Waals surface area (Å²) >= 11 is 0. The maximum atomic E-state index is 10.9. The van der Waals surface area contributed by atoms with E-state index >= 15 is 0 Å². The van der Waals surface area contributed by atoms with E-state index in [1.54, 1.807) is 37.4 Å². The Labute approximate surface area is 143 Å². The van der Waals surface area contributed by atoms with Crippen LogP contribution < -0.4 is 26.7 Å². The molecule has 0 radical (unpaired) electrons. The number of methoxy groups -OCH3 is 1. The van der Waals surface area contributed by atoms with Crippen LogP contribution in [0.1, 0.15) is 0 Å². The third-order valence-corrected chi connectivity index (χ3v) is 3.57. The first-order valence-corrected chi connectivity index (χ1v) is 7.40. The smallest absolute Gasteiger partial charge is 0.255 e. The number of benzene rings is 2. The summed E-state index contributed by atoms with van der Waals surface area (Å²) in [6.45, 7) is -0.216. The zero-order chi connectivity index (χ0) is 18.0. The highest BCUT2D eigenvalue weighted by molar-refractivity contribution is 5.94. The van der Waals surface area contributed by atoms with Crippen LogP contribution in [0.2, 0.25) is 0 Å². The number of carbonyl (C=O) groups excluding carboxylic acids is 1. The Morgan fingerprint density at radius 2 is 1.92 bits per heavy atom. The van der Waals surface area contributed by atoms with Gasteiger partial charge in [-0.05, 0) is 36.4 Å². The van der Waals surface area contributed by atoms with E-state index in [1.165, 1.54) is 0 Å². The quantitative estimate of drug-likeness (QED) is 0.596. The van der Waals surface area contributed by atoms with Gasteiger partial charge < -0.3 is 26.7 Å². The summed E-state index contributed by atoms with van der Waals surface area (Å²) in [5, 5.41) is 0.709. The monoisotopic (exact) mass is 339 g/mol. The first-order chi connectivity index (χ1) is 12.0. The molecule has 0 bridgehead atoms. The van der Waals surface area contributed by atoms with Crippen molar-refractivity contribution in [2.24, 2.45) is 5.73 Å². The first-order valence-electron chi connectivity index (χ1n) is 7.40. The zero-order valence-electron chi connectivity index (χ0n) is 13.5. The number of hydrogen-bond donors (Lipinski definition) is 3. The second kappa shape index (κ2) is 6.52. The highest BCUT2D eigenvalue weighted by Crippen LogP contribution is 2.33. The Morgan fingerprint density at radius 1 is 1.12 bits per heavy atom. The Balaban J connectivity index is 2.13. The molecule has 0 saturated heterocycles. The minimum absolute atomic E-state index is 0.141. The summed E-state index contributed by atoms with van der Waals surface area (Å²) in [5.74, 6) is 0.627. The van der Waals surface area contributed by atoms with Crippen molar-refractivity contribution in [2.75, 3.05) is 25.2 Å². The molecule has 0 atom stereocenters. The predicted octanol–water partition coefficient (Wildman–Crippen LogP) is 1.33. The number of rotatable bonds is 5. The normalized spacial score (nSPS) is 10.6. The molecule has 0 saturated carbocycles.